The quantitative estimate of drug-likeness (QED) is 0.838. The van der Waals surface area contributed by atoms with Gasteiger partial charge in [-0.2, -0.15) is 0 Å². The molecule has 2 atom stereocenters. The monoisotopic (exact) mass is 368 g/mol. The molecule has 5 heteroatoms. The van der Waals surface area contributed by atoms with E-state index in [1.165, 1.54) is 5.56 Å². The summed E-state index contributed by atoms with van der Waals surface area (Å²) >= 11 is 3.46. The number of nitrogens with one attached hydrogen (secondary N) is 2. The molecule has 1 aliphatic heterocycles. The van der Waals surface area contributed by atoms with Gasteiger partial charge in [0.1, 0.15) is 5.60 Å². The molecular weight excluding hydrogens is 344 g/mol. The first-order valence-corrected chi connectivity index (χ1v) is 8.61. The van der Waals surface area contributed by atoms with Crippen molar-refractivity contribution < 1.29 is 9.53 Å². The summed E-state index contributed by atoms with van der Waals surface area (Å²) in [5.41, 5.74) is 0.883. The lowest BCUT2D eigenvalue weighted by atomic mass is 10.1. The number of halogens is 1. The van der Waals surface area contributed by atoms with Gasteiger partial charge in [0, 0.05) is 23.1 Å². The number of benzene rings is 1. The van der Waals surface area contributed by atoms with E-state index < -0.39 is 5.60 Å². The average Bonchev–Trinajstić information content (AvgIpc) is 2.86. The van der Waals surface area contributed by atoms with Crippen molar-refractivity contribution in [3.05, 3.63) is 34.3 Å². The maximum absolute atomic E-state index is 11.6. The largest absolute Gasteiger partial charge is 0.444 e. The maximum Gasteiger partial charge on any atom is 0.407 e. The Kier molecular flexibility index (Phi) is 5.87. The summed E-state index contributed by atoms with van der Waals surface area (Å²) < 4.78 is 6.33. The summed E-state index contributed by atoms with van der Waals surface area (Å²) in [4.78, 5) is 11.6. The first-order valence-electron chi connectivity index (χ1n) is 7.82. The molecule has 0 aliphatic carbocycles. The van der Waals surface area contributed by atoms with Gasteiger partial charge in [-0.15, -0.1) is 0 Å². The van der Waals surface area contributed by atoms with E-state index in [1.807, 2.05) is 20.8 Å². The Morgan fingerprint density at radius 3 is 2.64 bits per heavy atom. The first-order chi connectivity index (χ1) is 10.3. The molecule has 0 spiro atoms. The van der Waals surface area contributed by atoms with Crippen LogP contribution in [0, 0.1) is 0 Å². The number of carbonyl (C=O) groups excluding carboxylic acids is 1. The number of carbonyl (C=O) groups is 1. The minimum Gasteiger partial charge on any atom is -0.444 e. The molecule has 0 bridgehead atoms. The number of rotatable bonds is 4. The molecular formula is C17H25BrN2O2. The van der Waals surface area contributed by atoms with Gasteiger partial charge in [0.05, 0.1) is 0 Å². The van der Waals surface area contributed by atoms with Crippen LogP contribution in [0.3, 0.4) is 0 Å². The maximum atomic E-state index is 11.6. The van der Waals surface area contributed by atoms with Gasteiger partial charge in [0.2, 0.25) is 0 Å². The van der Waals surface area contributed by atoms with Crippen LogP contribution in [0.2, 0.25) is 0 Å². The van der Waals surface area contributed by atoms with Gasteiger partial charge >= 0.3 is 6.09 Å². The van der Waals surface area contributed by atoms with Crippen LogP contribution in [0.25, 0.3) is 0 Å². The van der Waals surface area contributed by atoms with Crippen molar-refractivity contribution in [3.8, 4) is 0 Å². The van der Waals surface area contributed by atoms with Crippen LogP contribution in [-0.2, 0) is 4.74 Å². The number of hydrogen-bond donors (Lipinski definition) is 2. The molecule has 2 rings (SSSR count). The van der Waals surface area contributed by atoms with E-state index in [1.54, 1.807) is 0 Å². The fourth-order valence-electron chi connectivity index (χ4n) is 2.67. The van der Waals surface area contributed by atoms with E-state index in [0.717, 1.165) is 23.7 Å². The third-order valence-corrected chi connectivity index (χ3v) is 4.20. The molecule has 1 aromatic carbocycles. The Labute approximate surface area is 141 Å². The molecule has 1 aliphatic rings. The summed E-state index contributed by atoms with van der Waals surface area (Å²) in [7, 11) is 0. The Hall–Kier alpha value is -1.07. The van der Waals surface area contributed by atoms with Gasteiger partial charge < -0.3 is 15.4 Å². The molecule has 1 aromatic rings. The Morgan fingerprint density at radius 1 is 1.32 bits per heavy atom. The fourth-order valence-corrected chi connectivity index (χ4v) is 2.93. The van der Waals surface area contributed by atoms with Crippen LogP contribution in [0.15, 0.2) is 28.7 Å². The van der Waals surface area contributed by atoms with Crippen molar-refractivity contribution in [2.75, 3.05) is 6.54 Å². The van der Waals surface area contributed by atoms with Crippen LogP contribution in [0.5, 0.6) is 0 Å². The van der Waals surface area contributed by atoms with E-state index in [4.69, 9.17) is 4.74 Å². The zero-order valence-electron chi connectivity index (χ0n) is 13.5. The average molecular weight is 369 g/mol. The molecule has 4 nitrogen and oxygen atoms in total. The molecule has 22 heavy (non-hydrogen) atoms. The Balaban J connectivity index is 1.71. The third-order valence-electron chi connectivity index (χ3n) is 3.67. The molecule has 2 unspecified atom stereocenters. The van der Waals surface area contributed by atoms with Gasteiger partial charge in [0.25, 0.3) is 0 Å². The van der Waals surface area contributed by atoms with Crippen molar-refractivity contribution in [2.24, 2.45) is 0 Å². The second-order valence-electron chi connectivity index (χ2n) is 6.76. The molecule has 1 amide bonds. The SMILES string of the molecule is CC(C)(C)OC(=O)NCCC1CCC(c2ccc(Br)cc2)N1. The van der Waals surface area contributed by atoms with Crippen LogP contribution in [0.1, 0.15) is 51.6 Å². The zero-order chi connectivity index (χ0) is 16.2. The van der Waals surface area contributed by atoms with Gasteiger partial charge in [-0.05, 0) is 57.7 Å². The van der Waals surface area contributed by atoms with Crippen molar-refractivity contribution >= 4 is 22.0 Å². The zero-order valence-corrected chi connectivity index (χ0v) is 15.1. The molecule has 0 saturated carbocycles. The van der Waals surface area contributed by atoms with E-state index in [2.05, 4.69) is 50.8 Å². The number of hydrogen-bond acceptors (Lipinski definition) is 3. The lowest BCUT2D eigenvalue weighted by Gasteiger charge is -2.20. The Bertz CT molecular complexity index is 496. The predicted molar refractivity (Wildman–Crippen MR) is 91.9 cm³/mol. The molecule has 1 heterocycles. The van der Waals surface area contributed by atoms with Crippen LogP contribution in [-0.4, -0.2) is 24.3 Å². The summed E-state index contributed by atoms with van der Waals surface area (Å²) in [6.45, 7) is 6.25. The lowest BCUT2D eigenvalue weighted by molar-refractivity contribution is 0.0526. The summed E-state index contributed by atoms with van der Waals surface area (Å²) in [6.07, 6.45) is 2.86. The number of alkyl carbamates (subject to hydrolysis) is 1. The predicted octanol–water partition coefficient (Wildman–Crippen LogP) is 4.16. The third kappa shape index (κ3) is 5.61. The normalized spacial score (nSPS) is 21.6. The highest BCUT2D eigenvalue weighted by molar-refractivity contribution is 9.10. The van der Waals surface area contributed by atoms with Gasteiger partial charge in [-0.1, -0.05) is 28.1 Å². The molecule has 1 saturated heterocycles. The Morgan fingerprint density at radius 2 is 2.00 bits per heavy atom. The number of amides is 1. The van der Waals surface area contributed by atoms with Crippen molar-refractivity contribution in [1.82, 2.24) is 10.6 Å². The van der Waals surface area contributed by atoms with E-state index in [-0.39, 0.29) is 6.09 Å². The second-order valence-corrected chi connectivity index (χ2v) is 7.68. The topological polar surface area (TPSA) is 50.4 Å². The molecule has 122 valence electrons. The highest BCUT2D eigenvalue weighted by Gasteiger charge is 2.24. The second kappa shape index (κ2) is 7.47. The molecule has 2 N–H and O–H groups in total. The standard InChI is InChI=1S/C17H25BrN2O2/c1-17(2,3)22-16(21)19-11-10-14-8-9-15(20-14)12-4-6-13(18)7-5-12/h4-7,14-15,20H,8-11H2,1-3H3,(H,19,21). The van der Waals surface area contributed by atoms with E-state index in [0.29, 0.717) is 18.6 Å². The highest BCUT2D eigenvalue weighted by atomic mass is 79.9. The highest BCUT2D eigenvalue weighted by Crippen LogP contribution is 2.28. The van der Waals surface area contributed by atoms with Crippen molar-refractivity contribution in [3.63, 3.8) is 0 Å². The van der Waals surface area contributed by atoms with Gasteiger partial charge in [-0.25, -0.2) is 4.79 Å². The van der Waals surface area contributed by atoms with Crippen LogP contribution in [0.4, 0.5) is 4.79 Å². The molecule has 0 aromatic heterocycles. The minimum absolute atomic E-state index is 0.338. The summed E-state index contributed by atoms with van der Waals surface area (Å²) in [5, 5.41) is 6.46. The first kappa shape index (κ1) is 17.3. The molecule has 0 radical (unpaired) electrons. The van der Waals surface area contributed by atoms with Crippen molar-refractivity contribution in [2.45, 2.75) is 57.7 Å². The molecule has 1 fully saturated rings. The van der Waals surface area contributed by atoms with E-state index in [9.17, 15) is 4.79 Å². The van der Waals surface area contributed by atoms with E-state index >= 15 is 0 Å². The van der Waals surface area contributed by atoms with Crippen LogP contribution < -0.4 is 10.6 Å². The fraction of sp³-hybridized carbons (Fsp3) is 0.588. The lowest BCUT2D eigenvalue weighted by Crippen LogP contribution is -2.35. The minimum atomic E-state index is -0.442. The van der Waals surface area contributed by atoms with Crippen molar-refractivity contribution in [1.29, 1.82) is 0 Å². The summed E-state index contributed by atoms with van der Waals surface area (Å²) in [6, 6.07) is 9.33. The summed E-state index contributed by atoms with van der Waals surface area (Å²) in [5.74, 6) is 0. The van der Waals surface area contributed by atoms with Crippen LogP contribution >= 0.6 is 15.9 Å². The smallest absolute Gasteiger partial charge is 0.407 e. The number of ether oxygens (including phenoxy) is 1. The van der Waals surface area contributed by atoms with Gasteiger partial charge in [-0.3, -0.25) is 0 Å². The van der Waals surface area contributed by atoms with Gasteiger partial charge in [0.15, 0.2) is 0 Å².